The zero-order valence-corrected chi connectivity index (χ0v) is 11.6. The van der Waals surface area contributed by atoms with E-state index in [0.29, 0.717) is 32.2 Å². The molecule has 0 radical (unpaired) electrons. The third-order valence-corrected chi connectivity index (χ3v) is 3.02. The van der Waals surface area contributed by atoms with Gasteiger partial charge >= 0.3 is 0 Å². The molecular weight excluding hydrogens is 262 g/mol. The van der Waals surface area contributed by atoms with Crippen molar-refractivity contribution < 1.29 is 19.2 Å². The predicted octanol–water partition coefficient (Wildman–Crippen LogP) is -0.745. The topological polar surface area (TPSA) is 104 Å². The minimum Gasteiger partial charge on any atom is -0.356 e. The molecule has 3 N–H and O–H groups in total. The van der Waals surface area contributed by atoms with Crippen LogP contribution in [-0.4, -0.2) is 42.6 Å². The number of unbranched alkanes of at least 4 members (excludes halogenated alkanes) is 1. The number of carbonyl (C=O) groups is 4. The Labute approximate surface area is 117 Å². The summed E-state index contributed by atoms with van der Waals surface area (Å²) in [6.45, 7) is 1.95. The van der Waals surface area contributed by atoms with E-state index in [9.17, 15) is 19.2 Å². The van der Waals surface area contributed by atoms with Gasteiger partial charge in [0.25, 0.3) is 5.91 Å². The van der Waals surface area contributed by atoms with Crippen LogP contribution in [0.4, 0.5) is 0 Å². The van der Waals surface area contributed by atoms with Gasteiger partial charge in [-0.05, 0) is 32.1 Å². The molecule has 0 bridgehead atoms. The zero-order valence-electron chi connectivity index (χ0n) is 11.6. The molecule has 7 heteroatoms. The Bertz CT molecular complexity index is 380. The minimum atomic E-state index is -0.788. The number of ketones is 1. The molecule has 0 heterocycles. The second kappa shape index (κ2) is 8.29. The lowest BCUT2D eigenvalue weighted by atomic mass is 10.0. The van der Waals surface area contributed by atoms with Gasteiger partial charge in [-0.15, -0.1) is 0 Å². The molecule has 20 heavy (non-hydrogen) atoms. The average Bonchev–Trinajstić information content (AvgIpc) is 3.19. The van der Waals surface area contributed by atoms with Crippen LogP contribution in [0.2, 0.25) is 0 Å². The molecule has 1 fully saturated rings. The van der Waals surface area contributed by atoms with Crippen molar-refractivity contribution in [3.8, 4) is 0 Å². The second-order valence-corrected chi connectivity index (χ2v) is 4.93. The fourth-order valence-corrected chi connectivity index (χ4v) is 1.75. The molecule has 1 aliphatic carbocycles. The third-order valence-electron chi connectivity index (χ3n) is 3.02. The van der Waals surface area contributed by atoms with Gasteiger partial charge in [0.15, 0.2) is 0 Å². The quantitative estimate of drug-likeness (QED) is 0.279. The van der Waals surface area contributed by atoms with E-state index in [-0.39, 0.29) is 11.9 Å². The van der Waals surface area contributed by atoms with Crippen LogP contribution < -0.4 is 16.0 Å². The minimum absolute atomic E-state index is 0.104. The highest BCUT2D eigenvalue weighted by molar-refractivity contribution is 6.38. The van der Waals surface area contributed by atoms with E-state index in [2.05, 4.69) is 16.0 Å². The van der Waals surface area contributed by atoms with Crippen molar-refractivity contribution in [1.82, 2.24) is 16.0 Å². The summed E-state index contributed by atoms with van der Waals surface area (Å²) in [6.07, 6.45) is 3.95. The molecule has 0 aromatic heterocycles. The fraction of sp³-hybridized carbons (Fsp3) is 0.692. The SMILES string of the molecule is CC(=O)NCCCCC(NC=O)C(=O)C(=O)NC1CC1. The third kappa shape index (κ3) is 6.31. The Hall–Kier alpha value is -1.92. The second-order valence-electron chi connectivity index (χ2n) is 4.93. The molecule has 0 aromatic rings. The van der Waals surface area contributed by atoms with Gasteiger partial charge in [0.05, 0.1) is 6.04 Å². The van der Waals surface area contributed by atoms with Crippen LogP contribution in [0.1, 0.15) is 39.0 Å². The van der Waals surface area contributed by atoms with E-state index in [1.54, 1.807) is 0 Å². The highest BCUT2D eigenvalue weighted by Gasteiger charge is 2.30. The molecule has 1 unspecified atom stereocenters. The first-order valence-corrected chi connectivity index (χ1v) is 6.83. The van der Waals surface area contributed by atoms with Crippen molar-refractivity contribution in [1.29, 1.82) is 0 Å². The molecule has 7 nitrogen and oxygen atoms in total. The average molecular weight is 283 g/mol. The lowest BCUT2D eigenvalue weighted by Gasteiger charge is -2.14. The summed E-state index contributed by atoms with van der Waals surface area (Å²) in [7, 11) is 0. The number of hydrogen-bond donors (Lipinski definition) is 3. The lowest BCUT2D eigenvalue weighted by Crippen LogP contribution is -2.45. The summed E-state index contributed by atoms with van der Waals surface area (Å²) >= 11 is 0. The number of amides is 3. The first-order chi connectivity index (χ1) is 9.54. The lowest BCUT2D eigenvalue weighted by molar-refractivity contribution is -0.139. The van der Waals surface area contributed by atoms with Crippen molar-refractivity contribution >= 4 is 24.0 Å². The van der Waals surface area contributed by atoms with Gasteiger partial charge in [-0.3, -0.25) is 19.2 Å². The molecule has 0 aliphatic heterocycles. The maximum absolute atomic E-state index is 11.9. The molecule has 1 aliphatic rings. The van der Waals surface area contributed by atoms with Crippen molar-refractivity contribution in [2.75, 3.05) is 6.54 Å². The summed E-state index contributed by atoms with van der Waals surface area (Å²) in [4.78, 5) is 44.7. The number of Topliss-reactive ketones (excluding diaryl/α,β-unsaturated/α-hetero) is 1. The Morgan fingerprint density at radius 2 is 1.95 bits per heavy atom. The van der Waals surface area contributed by atoms with Crippen LogP contribution in [0, 0.1) is 0 Å². The summed E-state index contributed by atoms with van der Waals surface area (Å²) in [5.41, 5.74) is 0. The number of hydrogen-bond acceptors (Lipinski definition) is 4. The highest BCUT2D eigenvalue weighted by atomic mass is 16.2. The summed E-state index contributed by atoms with van der Waals surface area (Å²) in [5.74, 6) is -1.34. The standard InChI is InChI=1S/C13H21N3O4/c1-9(18)14-7-3-2-4-11(15-8-17)12(19)13(20)16-10-5-6-10/h8,10-11H,2-7H2,1H3,(H,14,18)(H,15,17)(H,16,20). The molecule has 0 saturated heterocycles. The van der Waals surface area contributed by atoms with Crippen LogP contribution in [-0.2, 0) is 19.2 Å². The molecule has 0 aromatic carbocycles. The Balaban J connectivity index is 2.30. The number of rotatable bonds is 10. The van der Waals surface area contributed by atoms with E-state index in [0.717, 1.165) is 12.8 Å². The largest absolute Gasteiger partial charge is 0.356 e. The van der Waals surface area contributed by atoms with E-state index >= 15 is 0 Å². The molecule has 1 saturated carbocycles. The fourth-order valence-electron chi connectivity index (χ4n) is 1.75. The summed E-state index contributed by atoms with van der Waals surface area (Å²) in [5, 5.41) is 7.63. The maximum Gasteiger partial charge on any atom is 0.289 e. The molecule has 112 valence electrons. The van der Waals surface area contributed by atoms with E-state index in [4.69, 9.17) is 0 Å². The highest BCUT2D eigenvalue weighted by Crippen LogP contribution is 2.18. The normalized spacial score (nSPS) is 15.1. The Kier molecular flexibility index (Phi) is 6.69. The molecule has 1 rings (SSSR count). The monoisotopic (exact) mass is 283 g/mol. The predicted molar refractivity (Wildman–Crippen MR) is 71.7 cm³/mol. The first-order valence-electron chi connectivity index (χ1n) is 6.83. The van der Waals surface area contributed by atoms with Gasteiger partial charge in [-0.25, -0.2) is 0 Å². The van der Waals surface area contributed by atoms with Crippen LogP contribution in [0.3, 0.4) is 0 Å². The number of carbonyl (C=O) groups excluding carboxylic acids is 4. The summed E-state index contributed by atoms with van der Waals surface area (Å²) in [6, 6.07) is -0.674. The molecule has 1 atom stereocenters. The Morgan fingerprint density at radius 3 is 2.50 bits per heavy atom. The van der Waals surface area contributed by atoms with Gasteiger partial charge < -0.3 is 16.0 Å². The van der Waals surface area contributed by atoms with Gasteiger partial charge in [0, 0.05) is 19.5 Å². The van der Waals surface area contributed by atoms with Gasteiger partial charge in [-0.2, -0.15) is 0 Å². The maximum atomic E-state index is 11.9. The van der Waals surface area contributed by atoms with Crippen molar-refractivity contribution in [3.05, 3.63) is 0 Å². The number of nitrogens with one attached hydrogen (secondary N) is 3. The van der Waals surface area contributed by atoms with Gasteiger partial charge in [0.2, 0.25) is 18.1 Å². The van der Waals surface area contributed by atoms with Crippen LogP contribution >= 0.6 is 0 Å². The zero-order chi connectivity index (χ0) is 15.0. The van der Waals surface area contributed by atoms with Gasteiger partial charge in [-0.1, -0.05) is 0 Å². The molecule has 3 amide bonds. The smallest absolute Gasteiger partial charge is 0.289 e. The van der Waals surface area contributed by atoms with E-state index in [1.165, 1.54) is 6.92 Å². The van der Waals surface area contributed by atoms with E-state index in [1.807, 2.05) is 0 Å². The van der Waals surface area contributed by atoms with Crippen molar-refractivity contribution in [2.45, 2.75) is 51.1 Å². The molecule has 0 spiro atoms. The van der Waals surface area contributed by atoms with Crippen molar-refractivity contribution in [2.24, 2.45) is 0 Å². The summed E-state index contributed by atoms with van der Waals surface area (Å²) < 4.78 is 0. The first kappa shape index (κ1) is 16.1. The van der Waals surface area contributed by atoms with Crippen molar-refractivity contribution in [3.63, 3.8) is 0 Å². The van der Waals surface area contributed by atoms with Crippen LogP contribution in [0.25, 0.3) is 0 Å². The van der Waals surface area contributed by atoms with Crippen LogP contribution in [0.5, 0.6) is 0 Å². The Morgan fingerprint density at radius 1 is 1.25 bits per heavy atom. The van der Waals surface area contributed by atoms with Crippen LogP contribution in [0.15, 0.2) is 0 Å². The van der Waals surface area contributed by atoms with Gasteiger partial charge in [0.1, 0.15) is 0 Å². The molecular formula is C13H21N3O4. The van der Waals surface area contributed by atoms with E-state index < -0.39 is 17.7 Å².